The maximum absolute atomic E-state index is 2.32. The van der Waals surface area contributed by atoms with Gasteiger partial charge < -0.3 is 4.90 Å². The second-order valence-corrected chi connectivity index (χ2v) is 5.06. The second kappa shape index (κ2) is 7.31. The summed E-state index contributed by atoms with van der Waals surface area (Å²) in [6.45, 7) is 5.73. The Kier molecular flexibility index (Phi) is 6.03. The molecule has 17 heavy (non-hydrogen) atoms. The van der Waals surface area contributed by atoms with Crippen LogP contribution in [0, 0.1) is 5.92 Å². The van der Waals surface area contributed by atoms with Gasteiger partial charge in [-0.25, -0.2) is 4.57 Å². The smallest absolute Gasteiger partial charge is 0.170 e. The van der Waals surface area contributed by atoms with E-state index in [1.807, 2.05) is 0 Å². The molecule has 0 spiro atoms. The molecule has 0 fully saturated rings. The molecule has 2 nitrogen and oxygen atoms in total. The first kappa shape index (κ1) is 14.0. The fourth-order valence-electron chi connectivity index (χ4n) is 2.08. The highest BCUT2D eigenvalue weighted by atomic mass is 15.1. The van der Waals surface area contributed by atoms with Crippen LogP contribution < -0.4 is 9.47 Å². The molecule has 0 radical (unpaired) electrons. The summed E-state index contributed by atoms with van der Waals surface area (Å²) in [5, 5.41) is 0. The first-order valence-electron chi connectivity index (χ1n) is 6.83. The van der Waals surface area contributed by atoms with Gasteiger partial charge in [-0.15, -0.1) is 0 Å². The van der Waals surface area contributed by atoms with Gasteiger partial charge in [-0.3, -0.25) is 0 Å². The summed E-state index contributed by atoms with van der Waals surface area (Å²) in [6.07, 6.45) is 9.70. The van der Waals surface area contributed by atoms with Gasteiger partial charge in [0, 0.05) is 37.8 Å². The summed E-state index contributed by atoms with van der Waals surface area (Å²) >= 11 is 0. The molecule has 1 heterocycles. The molecule has 1 rings (SSSR count). The number of hydrogen-bond donors (Lipinski definition) is 0. The summed E-state index contributed by atoms with van der Waals surface area (Å²) in [4.78, 5) is 2.14. The number of nitrogens with zero attached hydrogens (tertiary/aromatic N) is 2. The molecule has 1 aromatic rings. The Morgan fingerprint density at radius 2 is 1.82 bits per heavy atom. The van der Waals surface area contributed by atoms with Crippen LogP contribution in [0.1, 0.15) is 39.5 Å². The summed E-state index contributed by atoms with van der Waals surface area (Å²) in [5.41, 5.74) is 1.27. The highest BCUT2D eigenvalue weighted by molar-refractivity contribution is 5.41. The third kappa shape index (κ3) is 4.76. The lowest BCUT2D eigenvalue weighted by atomic mass is 9.99. The maximum atomic E-state index is 2.32. The van der Waals surface area contributed by atoms with E-state index < -0.39 is 0 Å². The zero-order valence-corrected chi connectivity index (χ0v) is 11.8. The van der Waals surface area contributed by atoms with Gasteiger partial charge in [0.1, 0.15) is 0 Å². The van der Waals surface area contributed by atoms with Gasteiger partial charge >= 0.3 is 0 Å². The summed E-state index contributed by atoms with van der Waals surface area (Å²) < 4.78 is 2.32. The van der Waals surface area contributed by atoms with Crippen molar-refractivity contribution in [2.24, 2.45) is 5.92 Å². The Balaban J connectivity index is 2.54. The average molecular weight is 235 g/mol. The van der Waals surface area contributed by atoms with Crippen molar-refractivity contribution >= 4 is 5.69 Å². The van der Waals surface area contributed by atoms with Crippen molar-refractivity contribution in [3.8, 4) is 0 Å². The number of aromatic nitrogens is 1. The first-order chi connectivity index (χ1) is 8.17. The minimum absolute atomic E-state index is 0.824. The molecule has 1 unspecified atom stereocenters. The largest absolute Gasteiger partial charge is 0.377 e. The highest BCUT2D eigenvalue weighted by Gasteiger charge is 2.11. The van der Waals surface area contributed by atoms with Crippen molar-refractivity contribution < 1.29 is 4.57 Å². The predicted octanol–water partition coefficient (Wildman–Crippen LogP) is 3.26. The number of unbranched alkanes of at least 4 members (excludes halogenated alkanes) is 1. The van der Waals surface area contributed by atoms with Crippen LogP contribution in [0.4, 0.5) is 5.69 Å². The quantitative estimate of drug-likeness (QED) is 0.658. The van der Waals surface area contributed by atoms with Crippen molar-refractivity contribution in [3.63, 3.8) is 0 Å². The zero-order valence-electron chi connectivity index (χ0n) is 11.8. The van der Waals surface area contributed by atoms with Crippen LogP contribution in [0.15, 0.2) is 24.5 Å². The molecular formula is C15H27N2+. The molecule has 0 aliphatic carbocycles. The molecule has 2 heteroatoms. The van der Waals surface area contributed by atoms with Crippen molar-refractivity contribution in [1.82, 2.24) is 0 Å². The molecule has 0 aliphatic heterocycles. The van der Waals surface area contributed by atoms with Gasteiger partial charge in [-0.1, -0.05) is 26.7 Å². The zero-order chi connectivity index (χ0) is 12.7. The topological polar surface area (TPSA) is 7.12 Å². The normalized spacial score (nSPS) is 12.5. The lowest BCUT2D eigenvalue weighted by molar-refractivity contribution is -0.703. The van der Waals surface area contributed by atoms with Gasteiger partial charge in [0.05, 0.1) is 0 Å². The van der Waals surface area contributed by atoms with Crippen molar-refractivity contribution in [2.45, 2.75) is 46.1 Å². The number of anilines is 1. The molecule has 96 valence electrons. The molecule has 0 saturated heterocycles. The van der Waals surface area contributed by atoms with Gasteiger partial charge in [0.15, 0.2) is 18.9 Å². The van der Waals surface area contributed by atoms with Gasteiger partial charge in [-0.2, -0.15) is 0 Å². The molecule has 0 bridgehead atoms. The van der Waals surface area contributed by atoms with Crippen LogP contribution in [0.25, 0.3) is 0 Å². The van der Waals surface area contributed by atoms with Crippen LogP contribution >= 0.6 is 0 Å². The van der Waals surface area contributed by atoms with E-state index >= 15 is 0 Å². The number of hydrogen-bond acceptors (Lipinski definition) is 1. The average Bonchev–Trinajstić information content (AvgIpc) is 2.35. The third-order valence-electron chi connectivity index (χ3n) is 3.40. The highest BCUT2D eigenvalue weighted by Crippen LogP contribution is 2.13. The summed E-state index contributed by atoms with van der Waals surface area (Å²) in [7, 11) is 4.16. The van der Waals surface area contributed by atoms with E-state index in [1.165, 1.54) is 31.4 Å². The Labute approximate surface area is 106 Å². The van der Waals surface area contributed by atoms with Gasteiger partial charge in [0.2, 0.25) is 0 Å². The molecule has 0 aromatic carbocycles. The van der Waals surface area contributed by atoms with E-state index in [1.54, 1.807) is 0 Å². The van der Waals surface area contributed by atoms with Crippen LogP contribution in [0.2, 0.25) is 0 Å². The van der Waals surface area contributed by atoms with Crippen LogP contribution in [0.3, 0.4) is 0 Å². The summed E-state index contributed by atoms with van der Waals surface area (Å²) in [5.74, 6) is 0.824. The molecule has 1 atom stereocenters. The summed E-state index contributed by atoms with van der Waals surface area (Å²) in [6, 6.07) is 4.37. The standard InChI is InChI=1S/C15H27N2/c1-5-7-8-14(6-2)13-17-11-9-15(10-12-17)16(3)4/h9-12,14H,5-8,13H2,1-4H3/q+1. The minimum atomic E-state index is 0.824. The van der Waals surface area contributed by atoms with E-state index in [2.05, 4.69) is 61.9 Å². The van der Waals surface area contributed by atoms with Gasteiger partial charge in [0.25, 0.3) is 0 Å². The second-order valence-electron chi connectivity index (χ2n) is 5.06. The Morgan fingerprint density at radius 1 is 1.18 bits per heavy atom. The van der Waals surface area contributed by atoms with E-state index in [0.717, 1.165) is 12.5 Å². The van der Waals surface area contributed by atoms with Crippen molar-refractivity contribution in [1.29, 1.82) is 0 Å². The van der Waals surface area contributed by atoms with E-state index in [-0.39, 0.29) is 0 Å². The van der Waals surface area contributed by atoms with E-state index in [9.17, 15) is 0 Å². The minimum Gasteiger partial charge on any atom is -0.377 e. The fourth-order valence-corrected chi connectivity index (χ4v) is 2.08. The Morgan fingerprint density at radius 3 is 2.29 bits per heavy atom. The van der Waals surface area contributed by atoms with E-state index in [0.29, 0.717) is 0 Å². The van der Waals surface area contributed by atoms with Crippen molar-refractivity contribution in [3.05, 3.63) is 24.5 Å². The number of pyridine rings is 1. The lowest BCUT2D eigenvalue weighted by Crippen LogP contribution is -2.36. The molecule has 0 saturated carbocycles. The fraction of sp³-hybridized carbons (Fsp3) is 0.667. The predicted molar refractivity (Wildman–Crippen MR) is 74.3 cm³/mol. The maximum Gasteiger partial charge on any atom is 0.170 e. The Hall–Kier alpha value is -1.05. The van der Waals surface area contributed by atoms with Crippen molar-refractivity contribution in [2.75, 3.05) is 19.0 Å². The molecule has 0 N–H and O–H groups in total. The van der Waals surface area contributed by atoms with Crippen LogP contribution in [0.5, 0.6) is 0 Å². The molecular weight excluding hydrogens is 208 g/mol. The molecule has 1 aromatic heterocycles. The number of rotatable bonds is 7. The SMILES string of the molecule is CCCCC(CC)C[n+]1ccc(N(C)C)cc1. The van der Waals surface area contributed by atoms with Crippen LogP contribution in [-0.2, 0) is 6.54 Å². The van der Waals surface area contributed by atoms with Crippen LogP contribution in [-0.4, -0.2) is 14.1 Å². The molecule has 0 aliphatic rings. The first-order valence-corrected chi connectivity index (χ1v) is 6.83. The lowest BCUT2D eigenvalue weighted by Gasteiger charge is -2.13. The monoisotopic (exact) mass is 235 g/mol. The third-order valence-corrected chi connectivity index (χ3v) is 3.40. The van der Waals surface area contributed by atoms with Gasteiger partial charge in [-0.05, 0) is 12.8 Å². The Bertz CT molecular complexity index is 303. The van der Waals surface area contributed by atoms with E-state index in [4.69, 9.17) is 0 Å². The molecule has 0 amide bonds.